The number of hydrogen-bond donors (Lipinski definition) is 2. The first-order valence-electron chi connectivity index (χ1n) is 5.84. The van der Waals surface area contributed by atoms with E-state index in [9.17, 15) is 0 Å². The summed E-state index contributed by atoms with van der Waals surface area (Å²) in [4.78, 5) is 8.68. The van der Waals surface area contributed by atoms with E-state index in [0.717, 1.165) is 44.1 Å². The lowest BCUT2D eigenvalue weighted by molar-refractivity contribution is 0.698. The number of aromatic nitrogens is 1. The number of rotatable bonds is 3. The van der Waals surface area contributed by atoms with Crippen molar-refractivity contribution in [2.24, 2.45) is 4.99 Å². The molecular formula is C12H19IN4. The summed E-state index contributed by atoms with van der Waals surface area (Å²) < 4.78 is 0. The lowest BCUT2D eigenvalue weighted by Gasteiger charge is -2.15. The van der Waals surface area contributed by atoms with E-state index in [0.29, 0.717) is 0 Å². The highest BCUT2D eigenvalue weighted by atomic mass is 127. The van der Waals surface area contributed by atoms with E-state index in [1.807, 2.05) is 6.20 Å². The van der Waals surface area contributed by atoms with Gasteiger partial charge in [0.15, 0.2) is 5.96 Å². The molecule has 0 fully saturated rings. The van der Waals surface area contributed by atoms with Crippen molar-refractivity contribution < 1.29 is 0 Å². The predicted octanol–water partition coefficient (Wildman–Crippen LogP) is 1.70. The first-order valence-corrected chi connectivity index (χ1v) is 5.84. The molecule has 1 aromatic heterocycles. The smallest absolute Gasteiger partial charge is 0.191 e. The van der Waals surface area contributed by atoms with Gasteiger partial charge >= 0.3 is 0 Å². The van der Waals surface area contributed by atoms with Gasteiger partial charge in [-0.1, -0.05) is 6.92 Å². The van der Waals surface area contributed by atoms with Crippen LogP contribution in [0.4, 0.5) is 0 Å². The minimum absolute atomic E-state index is 0. The molecule has 0 radical (unpaired) electrons. The minimum Gasteiger partial charge on any atom is -0.356 e. The molecule has 0 aliphatic carbocycles. The second kappa shape index (κ2) is 7.47. The first kappa shape index (κ1) is 14.2. The zero-order valence-corrected chi connectivity index (χ0v) is 12.4. The molecule has 5 heteroatoms. The minimum atomic E-state index is 0. The van der Waals surface area contributed by atoms with E-state index in [2.05, 4.69) is 39.7 Å². The Hall–Kier alpha value is -0.850. The van der Waals surface area contributed by atoms with Gasteiger partial charge in [0.2, 0.25) is 0 Å². The van der Waals surface area contributed by atoms with E-state index in [4.69, 9.17) is 0 Å². The number of aryl methyl sites for hydroxylation is 1. The summed E-state index contributed by atoms with van der Waals surface area (Å²) >= 11 is 0. The molecular weight excluding hydrogens is 327 g/mol. The molecule has 17 heavy (non-hydrogen) atoms. The molecule has 2 N–H and O–H groups in total. The van der Waals surface area contributed by atoms with Crippen LogP contribution in [-0.2, 0) is 13.0 Å². The Morgan fingerprint density at radius 3 is 3.06 bits per heavy atom. The van der Waals surface area contributed by atoms with Crippen LogP contribution in [0.3, 0.4) is 0 Å². The lowest BCUT2D eigenvalue weighted by atomic mass is 10.2. The second-order valence-electron chi connectivity index (χ2n) is 3.87. The Bertz CT molecular complexity index is 379. The second-order valence-corrected chi connectivity index (χ2v) is 3.87. The zero-order valence-electron chi connectivity index (χ0n) is 10.1. The predicted molar refractivity (Wildman–Crippen MR) is 80.8 cm³/mol. The third kappa shape index (κ3) is 4.49. The monoisotopic (exact) mass is 346 g/mol. The summed E-state index contributed by atoms with van der Waals surface area (Å²) in [6.07, 6.45) is 4.04. The van der Waals surface area contributed by atoms with Gasteiger partial charge in [0.25, 0.3) is 0 Å². The molecule has 0 saturated heterocycles. The standard InChI is InChI=1S/C12H18N4.HI/c1-2-10-4-7-13-11(8-10)9-16-12-14-5-3-6-15-12;/h4,7-8H,2-3,5-6,9H2,1H3,(H2,14,15,16);1H. The Morgan fingerprint density at radius 1 is 1.47 bits per heavy atom. The molecule has 0 spiro atoms. The average molecular weight is 346 g/mol. The van der Waals surface area contributed by atoms with Gasteiger partial charge < -0.3 is 10.6 Å². The molecule has 0 atom stereocenters. The topological polar surface area (TPSA) is 49.3 Å². The fourth-order valence-corrected chi connectivity index (χ4v) is 1.67. The largest absolute Gasteiger partial charge is 0.356 e. The van der Waals surface area contributed by atoms with Gasteiger partial charge in [0.1, 0.15) is 0 Å². The molecule has 0 bridgehead atoms. The molecule has 1 aliphatic rings. The maximum absolute atomic E-state index is 4.35. The van der Waals surface area contributed by atoms with Crippen molar-refractivity contribution in [1.29, 1.82) is 0 Å². The van der Waals surface area contributed by atoms with Gasteiger partial charge in [-0.3, -0.25) is 9.98 Å². The van der Waals surface area contributed by atoms with E-state index < -0.39 is 0 Å². The molecule has 2 heterocycles. The van der Waals surface area contributed by atoms with Crippen LogP contribution in [-0.4, -0.2) is 24.0 Å². The van der Waals surface area contributed by atoms with E-state index >= 15 is 0 Å². The van der Waals surface area contributed by atoms with Gasteiger partial charge in [-0.15, -0.1) is 24.0 Å². The fourth-order valence-electron chi connectivity index (χ4n) is 1.67. The molecule has 1 aromatic rings. The molecule has 94 valence electrons. The van der Waals surface area contributed by atoms with Crippen molar-refractivity contribution in [1.82, 2.24) is 15.6 Å². The summed E-state index contributed by atoms with van der Waals surface area (Å²) in [5.74, 6) is 0.898. The van der Waals surface area contributed by atoms with E-state index in [1.165, 1.54) is 5.56 Å². The van der Waals surface area contributed by atoms with Crippen molar-refractivity contribution in [2.75, 3.05) is 13.1 Å². The van der Waals surface area contributed by atoms with Crippen LogP contribution in [0.5, 0.6) is 0 Å². The van der Waals surface area contributed by atoms with Crippen LogP contribution < -0.4 is 10.6 Å². The first-order chi connectivity index (χ1) is 7.88. The maximum atomic E-state index is 4.35. The molecule has 1 aliphatic heterocycles. The number of hydrogen-bond acceptors (Lipinski definition) is 4. The Kier molecular flexibility index (Phi) is 6.25. The van der Waals surface area contributed by atoms with Crippen molar-refractivity contribution in [2.45, 2.75) is 26.3 Å². The summed E-state index contributed by atoms with van der Waals surface area (Å²) in [5, 5.41) is 6.49. The van der Waals surface area contributed by atoms with Crippen molar-refractivity contribution >= 4 is 29.9 Å². The van der Waals surface area contributed by atoms with E-state index in [1.54, 1.807) is 0 Å². The van der Waals surface area contributed by atoms with Crippen LogP contribution >= 0.6 is 24.0 Å². The Morgan fingerprint density at radius 2 is 2.35 bits per heavy atom. The molecule has 0 amide bonds. The summed E-state index contributed by atoms with van der Waals surface area (Å²) in [7, 11) is 0. The Balaban J connectivity index is 0.00000144. The van der Waals surface area contributed by atoms with Crippen LogP contribution in [0.1, 0.15) is 24.6 Å². The maximum Gasteiger partial charge on any atom is 0.191 e. The number of guanidine groups is 1. The van der Waals surface area contributed by atoms with Crippen molar-refractivity contribution in [3.63, 3.8) is 0 Å². The van der Waals surface area contributed by atoms with Crippen molar-refractivity contribution in [3.8, 4) is 0 Å². The third-order valence-corrected chi connectivity index (χ3v) is 2.62. The van der Waals surface area contributed by atoms with E-state index in [-0.39, 0.29) is 24.0 Å². The molecule has 0 saturated carbocycles. The molecule has 2 rings (SSSR count). The number of aliphatic imine (C=N–C) groups is 1. The number of pyridine rings is 1. The third-order valence-electron chi connectivity index (χ3n) is 2.62. The Labute approximate surface area is 119 Å². The number of halogens is 1. The van der Waals surface area contributed by atoms with Crippen LogP contribution in [0.15, 0.2) is 23.3 Å². The number of nitrogens with zero attached hydrogens (tertiary/aromatic N) is 2. The average Bonchev–Trinajstić information content (AvgIpc) is 2.38. The van der Waals surface area contributed by atoms with Crippen LogP contribution in [0, 0.1) is 0 Å². The fraction of sp³-hybridized carbons (Fsp3) is 0.500. The molecule has 0 aromatic carbocycles. The van der Waals surface area contributed by atoms with Gasteiger partial charge in [-0.2, -0.15) is 0 Å². The molecule has 0 unspecified atom stereocenters. The number of nitrogens with one attached hydrogen (secondary N) is 2. The highest BCUT2D eigenvalue weighted by Crippen LogP contribution is 2.02. The van der Waals surface area contributed by atoms with Crippen LogP contribution in [0.25, 0.3) is 0 Å². The van der Waals surface area contributed by atoms with Gasteiger partial charge in [-0.05, 0) is 30.5 Å². The van der Waals surface area contributed by atoms with Crippen molar-refractivity contribution in [3.05, 3.63) is 29.6 Å². The summed E-state index contributed by atoms with van der Waals surface area (Å²) in [5.41, 5.74) is 2.39. The van der Waals surface area contributed by atoms with Gasteiger partial charge in [0.05, 0.1) is 12.2 Å². The lowest BCUT2D eigenvalue weighted by Crippen LogP contribution is -2.40. The summed E-state index contributed by atoms with van der Waals surface area (Å²) in [6.45, 7) is 4.81. The van der Waals surface area contributed by atoms with Gasteiger partial charge in [0, 0.05) is 19.3 Å². The highest BCUT2D eigenvalue weighted by molar-refractivity contribution is 14.0. The highest BCUT2D eigenvalue weighted by Gasteiger charge is 2.03. The molecule has 4 nitrogen and oxygen atoms in total. The van der Waals surface area contributed by atoms with Gasteiger partial charge in [-0.25, -0.2) is 0 Å². The van der Waals surface area contributed by atoms with Crippen LogP contribution in [0.2, 0.25) is 0 Å². The SMILES string of the molecule is CCc1ccnc(CNC2=NCCCN2)c1.I. The normalized spacial score (nSPS) is 14.3. The quantitative estimate of drug-likeness (QED) is 0.820. The summed E-state index contributed by atoms with van der Waals surface area (Å²) in [6, 6.07) is 4.19. The zero-order chi connectivity index (χ0) is 11.2.